The van der Waals surface area contributed by atoms with Crippen molar-refractivity contribution in [2.75, 3.05) is 6.61 Å². The van der Waals surface area contributed by atoms with Crippen LogP contribution in [0.5, 0.6) is 11.5 Å². The first kappa shape index (κ1) is 21.0. The Morgan fingerprint density at radius 2 is 1.89 bits per heavy atom. The lowest BCUT2D eigenvalue weighted by atomic mass is 10.1. The van der Waals surface area contributed by atoms with Gasteiger partial charge in [0.2, 0.25) is 0 Å². The minimum Gasteiger partial charge on any atom is -0.484 e. The number of carboxylic acid groups (broad SMARTS) is 1. The van der Waals surface area contributed by atoms with E-state index in [4.69, 9.17) is 14.6 Å². The molecule has 2 rings (SSSR count). The standard InChI is InChI=1S/C21H24N2O5/c1-4-16-9-14(2)10-19(11-16)27-13-20(24)23-22-12-17-5-7-18(8-6-17)28-15(3)21(25)26/h5-12,15H,4,13H2,1-3H3,(H,23,24)(H,25,26)/b22-12+/t15-/m1/s1. The molecule has 0 fully saturated rings. The third-order valence-electron chi connectivity index (χ3n) is 3.83. The second kappa shape index (κ2) is 10.1. The summed E-state index contributed by atoms with van der Waals surface area (Å²) in [6.45, 7) is 5.36. The smallest absolute Gasteiger partial charge is 0.344 e. The lowest BCUT2D eigenvalue weighted by Gasteiger charge is -2.10. The molecule has 7 nitrogen and oxygen atoms in total. The van der Waals surface area contributed by atoms with Gasteiger partial charge in [-0.15, -0.1) is 0 Å². The van der Waals surface area contributed by atoms with Gasteiger partial charge in [-0.05, 0) is 73.4 Å². The highest BCUT2D eigenvalue weighted by Gasteiger charge is 2.11. The number of carboxylic acids is 1. The van der Waals surface area contributed by atoms with Crippen molar-refractivity contribution < 1.29 is 24.2 Å². The van der Waals surface area contributed by atoms with Crippen LogP contribution in [0.15, 0.2) is 47.6 Å². The number of hydrazone groups is 1. The van der Waals surface area contributed by atoms with Crippen molar-refractivity contribution in [3.63, 3.8) is 0 Å². The zero-order valence-corrected chi connectivity index (χ0v) is 16.1. The highest BCUT2D eigenvalue weighted by molar-refractivity contribution is 5.83. The normalized spacial score (nSPS) is 11.8. The molecule has 0 bridgehead atoms. The van der Waals surface area contributed by atoms with Gasteiger partial charge in [0.15, 0.2) is 12.7 Å². The topological polar surface area (TPSA) is 97.2 Å². The molecule has 0 aromatic heterocycles. The zero-order valence-electron chi connectivity index (χ0n) is 16.1. The molecule has 0 spiro atoms. The van der Waals surface area contributed by atoms with E-state index in [2.05, 4.69) is 23.5 Å². The summed E-state index contributed by atoms with van der Waals surface area (Å²) in [5, 5.41) is 12.7. The van der Waals surface area contributed by atoms with Gasteiger partial charge in [-0.1, -0.05) is 13.0 Å². The van der Waals surface area contributed by atoms with E-state index in [0.717, 1.165) is 23.1 Å². The zero-order chi connectivity index (χ0) is 20.5. The van der Waals surface area contributed by atoms with E-state index < -0.39 is 12.1 Å². The molecule has 0 saturated carbocycles. The second-order valence-corrected chi connectivity index (χ2v) is 6.26. The molecule has 148 valence electrons. The molecule has 2 aromatic rings. The second-order valence-electron chi connectivity index (χ2n) is 6.26. The lowest BCUT2D eigenvalue weighted by molar-refractivity contribution is -0.144. The van der Waals surface area contributed by atoms with Crippen LogP contribution < -0.4 is 14.9 Å². The molecule has 0 radical (unpaired) electrons. The van der Waals surface area contributed by atoms with E-state index in [1.165, 1.54) is 13.1 Å². The first-order valence-electron chi connectivity index (χ1n) is 8.92. The fourth-order valence-corrected chi connectivity index (χ4v) is 2.36. The molecule has 7 heteroatoms. The first-order chi connectivity index (χ1) is 13.4. The Labute approximate surface area is 164 Å². The van der Waals surface area contributed by atoms with Crippen molar-refractivity contribution in [1.82, 2.24) is 5.43 Å². The summed E-state index contributed by atoms with van der Waals surface area (Å²) in [6, 6.07) is 12.5. The van der Waals surface area contributed by atoms with Crippen LogP contribution in [0, 0.1) is 6.92 Å². The van der Waals surface area contributed by atoms with Gasteiger partial charge in [0.1, 0.15) is 11.5 Å². The largest absolute Gasteiger partial charge is 0.484 e. The monoisotopic (exact) mass is 384 g/mol. The fraction of sp³-hybridized carbons (Fsp3) is 0.286. The Kier molecular flexibility index (Phi) is 7.56. The number of hydrogen-bond acceptors (Lipinski definition) is 5. The number of rotatable bonds is 9. The minimum atomic E-state index is -1.04. The number of amides is 1. The average Bonchev–Trinajstić information content (AvgIpc) is 2.67. The molecule has 2 N–H and O–H groups in total. The van der Waals surface area contributed by atoms with Gasteiger partial charge in [-0.3, -0.25) is 4.79 Å². The molecule has 28 heavy (non-hydrogen) atoms. The van der Waals surface area contributed by atoms with E-state index in [-0.39, 0.29) is 12.5 Å². The molecule has 0 unspecified atom stereocenters. The predicted octanol–water partition coefficient (Wildman–Crippen LogP) is 2.94. The number of benzene rings is 2. The average molecular weight is 384 g/mol. The SMILES string of the molecule is CCc1cc(C)cc(OCC(=O)N/N=C/c2ccc(O[C@H](C)C(=O)O)cc2)c1. The molecule has 0 heterocycles. The predicted molar refractivity (Wildman–Crippen MR) is 106 cm³/mol. The van der Waals surface area contributed by atoms with Crippen LogP contribution in [0.1, 0.15) is 30.5 Å². The fourth-order valence-electron chi connectivity index (χ4n) is 2.36. The maximum atomic E-state index is 11.9. The molecule has 0 aliphatic rings. The Hall–Kier alpha value is -3.35. The Morgan fingerprint density at radius 1 is 1.18 bits per heavy atom. The van der Waals surface area contributed by atoms with Gasteiger partial charge in [0, 0.05) is 0 Å². The van der Waals surface area contributed by atoms with Crippen molar-refractivity contribution in [3.05, 3.63) is 59.2 Å². The Morgan fingerprint density at radius 3 is 2.54 bits per heavy atom. The van der Waals surface area contributed by atoms with E-state index in [9.17, 15) is 9.59 Å². The number of carbonyl (C=O) groups is 2. The van der Waals surface area contributed by atoms with Gasteiger partial charge in [0.25, 0.3) is 5.91 Å². The summed E-state index contributed by atoms with van der Waals surface area (Å²) in [5.41, 5.74) is 5.36. The number of ether oxygens (including phenoxy) is 2. The van der Waals surface area contributed by atoms with Gasteiger partial charge in [-0.25, -0.2) is 10.2 Å². The van der Waals surface area contributed by atoms with Crippen LogP contribution in [0.25, 0.3) is 0 Å². The van der Waals surface area contributed by atoms with Gasteiger partial charge >= 0.3 is 5.97 Å². The summed E-state index contributed by atoms with van der Waals surface area (Å²) in [6.07, 6.45) is 1.44. The summed E-state index contributed by atoms with van der Waals surface area (Å²) in [5.74, 6) is -0.311. The van der Waals surface area contributed by atoms with Crippen molar-refractivity contribution >= 4 is 18.1 Å². The molecule has 0 aliphatic heterocycles. The molecular formula is C21H24N2O5. The van der Waals surface area contributed by atoms with Crippen molar-refractivity contribution in [2.45, 2.75) is 33.3 Å². The number of aliphatic carboxylic acids is 1. The molecular weight excluding hydrogens is 360 g/mol. The molecule has 1 amide bonds. The highest BCUT2D eigenvalue weighted by Crippen LogP contribution is 2.17. The summed E-state index contributed by atoms with van der Waals surface area (Å²) in [7, 11) is 0. The summed E-state index contributed by atoms with van der Waals surface area (Å²) < 4.78 is 10.8. The molecule has 0 saturated heterocycles. The summed E-state index contributed by atoms with van der Waals surface area (Å²) in [4.78, 5) is 22.6. The van der Waals surface area contributed by atoms with E-state index in [1.54, 1.807) is 24.3 Å². The number of carbonyl (C=O) groups excluding carboxylic acids is 1. The molecule has 1 atom stereocenters. The maximum absolute atomic E-state index is 11.9. The van der Waals surface area contributed by atoms with Crippen molar-refractivity contribution in [2.24, 2.45) is 5.10 Å². The van der Waals surface area contributed by atoms with Gasteiger partial charge in [-0.2, -0.15) is 5.10 Å². The minimum absolute atomic E-state index is 0.135. The number of nitrogens with one attached hydrogen (secondary N) is 1. The van der Waals surface area contributed by atoms with Crippen LogP contribution >= 0.6 is 0 Å². The quantitative estimate of drug-likeness (QED) is 0.512. The van der Waals surface area contributed by atoms with Crippen LogP contribution in [-0.2, 0) is 16.0 Å². The highest BCUT2D eigenvalue weighted by atomic mass is 16.5. The first-order valence-corrected chi connectivity index (χ1v) is 8.92. The van der Waals surface area contributed by atoms with Crippen LogP contribution in [-0.4, -0.2) is 35.9 Å². The number of aryl methyl sites for hydroxylation is 2. The Bertz CT molecular complexity index is 846. The van der Waals surface area contributed by atoms with E-state index in [1.807, 2.05) is 19.1 Å². The van der Waals surface area contributed by atoms with E-state index >= 15 is 0 Å². The maximum Gasteiger partial charge on any atom is 0.344 e. The van der Waals surface area contributed by atoms with Crippen LogP contribution in [0.4, 0.5) is 0 Å². The van der Waals surface area contributed by atoms with Crippen molar-refractivity contribution in [3.8, 4) is 11.5 Å². The number of hydrogen-bond donors (Lipinski definition) is 2. The van der Waals surface area contributed by atoms with Crippen molar-refractivity contribution in [1.29, 1.82) is 0 Å². The van der Waals surface area contributed by atoms with E-state index in [0.29, 0.717) is 11.5 Å². The number of nitrogens with zero attached hydrogens (tertiary/aromatic N) is 1. The third kappa shape index (κ3) is 6.75. The molecule has 2 aromatic carbocycles. The van der Waals surface area contributed by atoms with Gasteiger partial charge in [0.05, 0.1) is 6.21 Å². The molecule has 0 aliphatic carbocycles. The Balaban J connectivity index is 1.81. The summed E-state index contributed by atoms with van der Waals surface area (Å²) >= 11 is 0. The van der Waals surface area contributed by atoms with Gasteiger partial charge < -0.3 is 14.6 Å². The third-order valence-corrected chi connectivity index (χ3v) is 3.83. The van der Waals surface area contributed by atoms with Crippen LogP contribution in [0.2, 0.25) is 0 Å². The lowest BCUT2D eigenvalue weighted by Crippen LogP contribution is -2.24. The van der Waals surface area contributed by atoms with Crippen LogP contribution in [0.3, 0.4) is 0 Å².